The van der Waals surface area contributed by atoms with Gasteiger partial charge >= 0.3 is 52.8 Å². The molecular formula is C26H30F9NO12S3. The van der Waals surface area contributed by atoms with Crippen LogP contribution in [0.5, 0.6) is 5.75 Å². The fourth-order valence-corrected chi connectivity index (χ4v) is 8.48. The van der Waals surface area contributed by atoms with E-state index in [0.717, 1.165) is 37.9 Å². The smallest absolute Gasteiger partial charge is 0.462 e. The molecule has 3 heterocycles. The lowest BCUT2D eigenvalue weighted by molar-refractivity contribution is -0.204. The molecule has 0 N–H and O–H groups in total. The summed E-state index contributed by atoms with van der Waals surface area (Å²) in [5.41, 5.74) is -17.6. The van der Waals surface area contributed by atoms with Gasteiger partial charge in [0.2, 0.25) is 0 Å². The topological polar surface area (TPSA) is 179 Å². The molecule has 292 valence electrons. The third-order valence-electron chi connectivity index (χ3n) is 8.44. The standard InChI is InChI=1S/C23H26F3NO7S.C2F6O5S2.CH4/c1-13-20-18(5-3-15-2-4-16(12-27-15)34-35(29,30)23(24,25)26)17-6-7-22(31-8-9-32-22)11-14(17)10-19(20)21(28)33-13;3-1(4,5)14(9,10)13-15(11,12)2(6,7)8;/h2-5,12-14,17-20H,6-11H2,1H3;;1H4/b5-3+;;/t13-,14-,17-,18+,19-,20+;;/m1../s1. The van der Waals surface area contributed by atoms with Crippen LogP contribution in [-0.4, -0.2) is 77.8 Å². The van der Waals surface area contributed by atoms with Gasteiger partial charge in [0.1, 0.15) is 6.10 Å². The van der Waals surface area contributed by atoms with Crippen LogP contribution in [0.15, 0.2) is 24.4 Å². The molecule has 1 spiro atoms. The Balaban J connectivity index is 0.000000374. The molecule has 0 amide bonds. The predicted molar refractivity (Wildman–Crippen MR) is 153 cm³/mol. The Morgan fingerprint density at radius 1 is 0.882 bits per heavy atom. The Morgan fingerprint density at radius 3 is 1.92 bits per heavy atom. The molecule has 4 aliphatic rings. The number of hydrogen-bond acceptors (Lipinski definition) is 13. The van der Waals surface area contributed by atoms with Crippen molar-refractivity contribution >= 4 is 42.4 Å². The maximum absolute atomic E-state index is 12.6. The van der Waals surface area contributed by atoms with Gasteiger partial charge in [-0.25, -0.2) is 0 Å². The van der Waals surface area contributed by atoms with E-state index in [4.69, 9.17) is 14.2 Å². The lowest BCUT2D eigenvalue weighted by Crippen LogP contribution is -2.49. The number of hydrogen-bond donors (Lipinski definition) is 0. The minimum atomic E-state index is -6.85. The second kappa shape index (κ2) is 14.6. The van der Waals surface area contributed by atoms with Crippen molar-refractivity contribution in [3.63, 3.8) is 0 Å². The van der Waals surface area contributed by atoms with Gasteiger partial charge in [0, 0.05) is 18.8 Å². The highest BCUT2D eigenvalue weighted by Crippen LogP contribution is 2.56. The van der Waals surface area contributed by atoms with Crippen molar-refractivity contribution in [2.75, 3.05) is 13.2 Å². The van der Waals surface area contributed by atoms with Crippen LogP contribution in [0.25, 0.3) is 6.08 Å². The van der Waals surface area contributed by atoms with Gasteiger partial charge in [-0.3, -0.25) is 9.78 Å². The molecule has 6 atom stereocenters. The van der Waals surface area contributed by atoms with Crippen LogP contribution in [-0.2, 0) is 53.0 Å². The fourth-order valence-electron chi connectivity index (χ4n) is 6.47. The molecule has 2 saturated heterocycles. The highest BCUT2D eigenvalue weighted by molar-refractivity contribution is 8.00. The van der Waals surface area contributed by atoms with Gasteiger partial charge < -0.3 is 18.4 Å². The lowest BCUT2D eigenvalue weighted by atomic mass is 9.56. The number of allylic oxidation sites excluding steroid dienone is 1. The number of rotatable bonds is 6. The summed E-state index contributed by atoms with van der Waals surface area (Å²) in [5, 5.41) is 0. The molecule has 13 nitrogen and oxygen atoms in total. The summed E-state index contributed by atoms with van der Waals surface area (Å²) >= 11 is 0. The summed E-state index contributed by atoms with van der Waals surface area (Å²) in [5.74, 6) is -0.929. The molecule has 25 heteroatoms. The molecule has 0 aromatic carbocycles. The molecule has 2 saturated carbocycles. The number of ether oxygens (including phenoxy) is 3. The molecule has 4 fully saturated rings. The summed E-state index contributed by atoms with van der Waals surface area (Å²) in [6, 6.07) is 2.50. The van der Waals surface area contributed by atoms with Crippen LogP contribution < -0.4 is 4.18 Å². The normalized spacial score (nSPS) is 28.2. The van der Waals surface area contributed by atoms with Gasteiger partial charge in [0.05, 0.1) is 31.0 Å². The number of halogens is 9. The van der Waals surface area contributed by atoms with E-state index in [1.54, 1.807) is 6.08 Å². The zero-order valence-corrected chi connectivity index (χ0v) is 27.5. The minimum Gasteiger partial charge on any atom is -0.462 e. The zero-order chi connectivity index (χ0) is 37.7. The van der Waals surface area contributed by atoms with Gasteiger partial charge in [-0.15, -0.1) is 3.63 Å². The van der Waals surface area contributed by atoms with Gasteiger partial charge in [-0.1, -0.05) is 13.5 Å². The quantitative estimate of drug-likeness (QED) is 0.162. The number of cyclic esters (lactones) is 1. The molecule has 1 aromatic rings. The van der Waals surface area contributed by atoms with Crippen molar-refractivity contribution in [2.45, 2.75) is 68.4 Å². The SMILES string of the molecule is C.C[C@H]1OC(=O)[C@@H]2C[C@@H]3CC4(CC[C@H]3[C@H](/C=C/c3ccc(OS(=O)(=O)C(F)(F)F)cn3)[C@H]12)OCCO4.O=S(=O)(OS(=O)(=O)C(F)(F)F)C(F)(F)F. The summed E-state index contributed by atoms with van der Waals surface area (Å²) in [6.45, 7) is 3.05. The van der Waals surface area contributed by atoms with Crippen LogP contribution in [0.2, 0.25) is 0 Å². The average Bonchev–Trinajstić information content (AvgIpc) is 3.52. The Bertz CT molecular complexity index is 1730. The highest BCUT2D eigenvalue weighted by atomic mass is 32.3. The number of nitrogens with zero attached hydrogens (tertiary/aromatic N) is 1. The lowest BCUT2D eigenvalue weighted by Gasteiger charge is -2.49. The summed E-state index contributed by atoms with van der Waals surface area (Å²) in [7, 11) is -19.5. The third-order valence-corrected chi connectivity index (χ3v) is 12.0. The van der Waals surface area contributed by atoms with E-state index in [1.807, 2.05) is 16.6 Å². The van der Waals surface area contributed by atoms with Crippen molar-refractivity contribution in [1.29, 1.82) is 0 Å². The van der Waals surface area contributed by atoms with Gasteiger partial charge in [0.15, 0.2) is 11.5 Å². The first-order valence-corrected chi connectivity index (χ1v) is 18.4. The van der Waals surface area contributed by atoms with Crippen LogP contribution in [0, 0.1) is 29.6 Å². The Morgan fingerprint density at radius 2 is 1.43 bits per heavy atom. The van der Waals surface area contributed by atoms with E-state index < -0.39 is 58.4 Å². The number of aromatic nitrogens is 1. The molecule has 5 rings (SSSR count). The molecule has 0 bridgehead atoms. The fraction of sp³-hybridized carbons (Fsp3) is 0.692. The minimum absolute atomic E-state index is 0. The summed E-state index contributed by atoms with van der Waals surface area (Å²) in [6.07, 6.45) is 7.55. The molecule has 51 heavy (non-hydrogen) atoms. The number of carbonyl (C=O) groups is 1. The van der Waals surface area contributed by atoms with Crippen LogP contribution in [0.1, 0.15) is 45.7 Å². The Kier molecular flexibility index (Phi) is 12.2. The van der Waals surface area contributed by atoms with Crippen LogP contribution in [0.4, 0.5) is 39.5 Å². The van der Waals surface area contributed by atoms with E-state index >= 15 is 0 Å². The van der Waals surface area contributed by atoms with E-state index in [9.17, 15) is 69.6 Å². The maximum atomic E-state index is 12.6. The zero-order valence-electron chi connectivity index (χ0n) is 25.1. The third kappa shape index (κ3) is 9.26. The van der Waals surface area contributed by atoms with E-state index in [1.165, 1.54) is 6.07 Å². The summed E-state index contributed by atoms with van der Waals surface area (Å²) in [4.78, 5) is 16.6. The van der Waals surface area contributed by atoms with Crippen LogP contribution in [0.3, 0.4) is 0 Å². The highest BCUT2D eigenvalue weighted by Gasteiger charge is 2.59. The first kappa shape index (κ1) is 42.7. The van der Waals surface area contributed by atoms with Crippen molar-refractivity contribution in [3.05, 3.63) is 30.1 Å². The van der Waals surface area contributed by atoms with Gasteiger partial charge in [-0.2, -0.15) is 64.8 Å². The summed E-state index contributed by atoms with van der Waals surface area (Å²) < 4.78 is 192. The molecule has 0 unspecified atom stereocenters. The van der Waals surface area contributed by atoms with Crippen molar-refractivity contribution in [3.8, 4) is 5.75 Å². The molecule has 2 aliphatic carbocycles. The average molecular weight is 816 g/mol. The monoisotopic (exact) mass is 815 g/mol. The van der Waals surface area contributed by atoms with E-state index in [2.05, 4.69) is 9.17 Å². The van der Waals surface area contributed by atoms with Crippen LogP contribution >= 0.6 is 0 Å². The van der Waals surface area contributed by atoms with E-state index in [-0.39, 0.29) is 43.2 Å². The first-order valence-electron chi connectivity index (χ1n) is 14.2. The number of alkyl halides is 9. The largest absolute Gasteiger partial charge is 0.534 e. The molecule has 0 radical (unpaired) electrons. The number of carbonyl (C=O) groups excluding carboxylic acids is 1. The maximum Gasteiger partial charge on any atom is 0.534 e. The number of esters is 1. The number of fused-ring (bicyclic) bond motifs is 2. The molecule has 1 aromatic heterocycles. The van der Waals surface area contributed by atoms with E-state index in [0.29, 0.717) is 24.8 Å². The molecular weight excluding hydrogens is 785 g/mol. The number of pyridine rings is 1. The van der Waals surface area contributed by atoms with Crippen molar-refractivity contribution < 1.29 is 91.6 Å². The van der Waals surface area contributed by atoms with Crippen molar-refractivity contribution in [2.24, 2.45) is 29.6 Å². The van der Waals surface area contributed by atoms with Gasteiger partial charge in [-0.05, 0) is 55.7 Å². The first-order chi connectivity index (χ1) is 22.7. The second-order valence-electron chi connectivity index (χ2n) is 11.5. The Labute approximate surface area is 285 Å². The molecule has 2 aliphatic heterocycles. The van der Waals surface area contributed by atoms with Crippen molar-refractivity contribution in [1.82, 2.24) is 4.98 Å². The Hall–Kier alpha value is -2.74. The predicted octanol–water partition coefficient (Wildman–Crippen LogP) is 5.02. The van der Waals surface area contributed by atoms with Gasteiger partial charge in [0.25, 0.3) is 0 Å². The second-order valence-corrected chi connectivity index (χ2v) is 16.4.